The van der Waals surface area contributed by atoms with E-state index in [0.29, 0.717) is 18.0 Å². The summed E-state index contributed by atoms with van der Waals surface area (Å²) >= 11 is 0. The molecule has 132 valence electrons. The van der Waals surface area contributed by atoms with E-state index in [-0.39, 0.29) is 5.78 Å². The van der Waals surface area contributed by atoms with Crippen LogP contribution in [0.3, 0.4) is 0 Å². The van der Waals surface area contributed by atoms with Crippen LogP contribution >= 0.6 is 0 Å². The van der Waals surface area contributed by atoms with Crippen LogP contribution in [0.25, 0.3) is 22.6 Å². The minimum absolute atomic E-state index is 0.0174. The van der Waals surface area contributed by atoms with E-state index in [1.807, 2.05) is 24.3 Å². The number of fused-ring (bicyclic) bond motifs is 1. The fourth-order valence-corrected chi connectivity index (χ4v) is 2.58. The molecule has 0 aliphatic heterocycles. The summed E-state index contributed by atoms with van der Waals surface area (Å²) < 4.78 is 10.2. The van der Waals surface area contributed by atoms with Crippen LogP contribution in [0.5, 0.6) is 0 Å². The highest BCUT2D eigenvalue weighted by Gasteiger charge is 2.09. The lowest BCUT2D eigenvalue weighted by atomic mass is 10.1. The number of nitrogens with zero attached hydrogens (tertiary/aromatic N) is 2. The number of benzene rings is 2. The summed E-state index contributed by atoms with van der Waals surface area (Å²) in [6, 6.07) is 15.7. The van der Waals surface area contributed by atoms with Gasteiger partial charge in [0.05, 0.1) is 0 Å². The first-order valence-electron chi connectivity index (χ1n) is 8.45. The number of aromatic nitrogens is 2. The van der Waals surface area contributed by atoms with Crippen molar-refractivity contribution < 1.29 is 13.7 Å². The molecule has 0 fully saturated rings. The van der Waals surface area contributed by atoms with Crippen LogP contribution in [-0.4, -0.2) is 15.9 Å². The second-order valence-electron chi connectivity index (χ2n) is 5.97. The average Bonchev–Trinajstić information content (AvgIpc) is 3.31. The molecule has 2 aromatic carbocycles. The van der Waals surface area contributed by atoms with Crippen molar-refractivity contribution in [1.82, 2.24) is 10.1 Å². The van der Waals surface area contributed by atoms with Crippen molar-refractivity contribution in [2.24, 2.45) is 0 Å². The molecule has 0 saturated heterocycles. The molecule has 0 bridgehead atoms. The van der Waals surface area contributed by atoms with Gasteiger partial charge in [0.25, 0.3) is 0 Å². The molecule has 0 unspecified atom stereocenters. The molecule has 0 atom stereocenters. The SMILES string of the molecule is CCC(=O)c1ccon1.Cc1ccc(-c2nc3ccccc3o2)c(C)c1. The summed E-state index contributed by atoms with van der Waals surface area (Å²) in [6.45, 7) is 5.96. The molecule has 0 N–H and O–H groups in total. The van der Waals surface area contributed by atoms with E-state index < -0.39 is 0 Å². The Bertz CT molecular complexity index is 984. The lowest BCUT2D eigenvalue weighted by Crippen LogP contribution is -1.94. The number of aryl methyl sites for hydroxylation is 2. The summed E-state index contributed by atoms with van der Waals surface area (Å²) in [5.74, 6) is 0.715. The van der Waals surface area contributed by atoms with E-state index in [2.05, 4.69) is 46.7 Å². The molecule has 0 saturated carbocycles. The maximum absolute atomic E-state index is 10.8. The maximum Gasteiger partial charge on any atom is 0.227 e. The minimum Gasteiger partial charge on any atom is -0.436 e. The third kappa shape index (κ3) is 3.88. The summed E-state index contributed by atoms with van der Waals surface area (Å²) in [4.78, 5) is 15.3. The first-order chi connectivity index (χ1) is 12.6. The van der Waals surface area contributed by atoms with Crippen LogP contribution in [0, 0.1) is 13.8 Å². The van der Waals surface area contributed by atoms with Crippen LogP contribution in [0.1, 0.15) is 35.0 Å². The van der Waals surface area contributed by atoms with Crippen molar-refractivity contribution in [3.8, 4) is 11.5 Å². The Morgan fingerprint density at radius 1 is 1.08 bits per heavy atom. The van der Waals surface area contributed by atoms with Crippen molar-refractivity contribution >= 4 is 16.9 Å². The van der Waals surface area contributed by atoms with E-state index in [9.17, 15) is 4.79 Å². The van der Waals surface area contributed by atoms with E-state index in [1.165, 1.54) is 17.4 Å². The van der Waals surface area contributed by atoms with E-state index in [4.69, 9.17) is 4.42 Å². The lowest BCUT2D eigenvalue weighted by Gasteiger charge is -2.01. The van der Waals surface area contributed by atoms with Crippen LogP contribution in [0.15, 0.2) is 63.7 Å². The van der Waals surface area contributed by atoms with Gasteiger partial charge in [0.2, 0.25) is 5.89 Å². The highest BCUT2D eigenvalue weighted by molar-refractivity contribution is 5.93. The third-order valence-corrected chi connectivity index (χ3v) is 3.95. The van der Waals surface area contributed by atoms with Gasteiger partial charge in [0, 0.05) is 18.1 Å². The minimum atomic E-state index is 0.0174. The molecular formula is C21H20N2O3. The van der Waals surface area contributed by atoms with Crippen molar-refractivity contribution in [2.45, 2.75) is 27.2 Å². The molecule has 0 radical (unpaired) electrons. The van der Waals surface area contributed by atoms with Crippen LogP contribution in [0.2, 0.25) is 0 Å². The first-order valence-corrected chi connectivity index (χ1v) is 8.45. The van der Waals surface area contributed by atoms with Gasteiger partial charge in [-0.1, -0.05) is 41.9 Å². The predicted octanol–water partition coefficient (Wildman–Crippen LogP) is 5.38. The third-order valence-electron chi connectivity index (χ3n) is 3.95. The molecule has 5 heteroatoms. The molecule has 4 rings (SSSR count). The Balaban J connectivity index is 0.000000185. The summed E-state index contributed by atoms with van der Waals surface area (Å²) in [5, 5.41) is 3.46. The number of oxazole rings is 1. The van der Waals surface area contributed by atoms with Gasteiger partial charge in [0.15, 0.2) is 11.4 Å². The highest BCUT2D eigenvalue weighted by Crippen LogP contribution is 2.27. The van der Waals surface area contributed by atoms with Gasteiger partial charge in [-0.25, -0.2) is 4.98 Å². The number of Topliss-reactive ketones (excluding diaryl/α,β-unsaturated/α-hetero) is 1. The number of hydrogen-bond acceptors (Lipinski definition) is 5. The molecule has 0 spiro atoms. The first kappa shape index (κ1) is 17.6. The maximum atomic E-state index is 10.8. The topological polar surface area (TPSA) is 69.1 Å². The van der Waals surface area contributed by atoms with Crippen molar-refractivity contribution in [2.75, 3.05) is 0 Å². The lowest BCUT2D eigenvalue weighted by molar-refractivity contribution is 0.0979. The zero-order valence-electron chi connectivity index (χ0n) is 15.0. The highest BCUT2D eigenvalue weighted by atomic mass is 16.5. The number of ketones is 1. The molecule has 4 aromatic rings. The standard InChI is InChI=1S/C15H13NO.C6H7NO2/c1-10-7-8-12(11(2)9-10)15-16-13-5-3-4-6-14(13)17-15;1-2-6(8)5-3-4-9-7-5/h3-9H,1-2H3;3-4H,2H2,1H3. The molecule has 5 nitrogen and oxygen atoms in total. The summed E-state index contributed by atoms with van der Waals surface area (Å²) in [6.07, 6.45) is 1.87. The Morgan fingerprint density at radius 3 is 2.54 bits per heavy atom. The number of para-hydroxylation sites is 2. The Labute approximate surface area is 151 Å². The summed E-state index contributed by atoms with van der Waals surface area (Å²) in [7, 11) is 0. The van der Waals surface area contributed by atoms with Crippen molar-refractivity contribution in [3.05, 3.63) is 71.6 Å². The number of carbonyl (C=O) groups is 1. The molecule has 0 aliphatic carbocycles. The largest absolute Gasteiger partial charge is 0.436 e. The Morgan fingerprint density at radius 2 is 1.88 bits per heavy atom. The number of hydrogen-bond donors (Lipinski definition) is 0. The zero-order valence-corrected chi connectivity index (χ0v) is 15.0. The Hall–Kier alpha value is -3.21. The van der Waals surface area contributed by atoms with Gasteiger partial charge in [0.1, 0.15) is 17.5 Å². The van der Waals surface area contributed by atoms with E-state index in [1.54, 1.807) is 13.0 Å². The number of rotatable bonds is 3. The molecule has 0 amide bonds. The quantitative estimate of drug-likeness (QED) is 0.465. The second-order valence-corrected chi connectivity index (χ2v) is 5.97. The fourth-order valence-electron chi connectivity index (χ4n) is 2.58. The van der Waals surface area contributed by atoms with Crippen molar-refractivity contribution in [3.63, 3.8) is 0 Å². The summed E-state index contributed by atoms with van der Waals surface area (Å²) in [5.41, 5.74) is 5.66. The van der Waals surface area contributed by atoms with Crippen LogP contribution < -0.4 is 0 Å². The van der Waals surface area contributed by atoms with Gasteiger partial charge in [-0.15, -0.1) is 0 Å². The van der Waals surface area contributed by atoms with E-state index in [0.717, 1.165) is 16.7 Å². The average molecular weight is 348 g/mol. The molecule has 0 aliphatic rings. The van der Waals surface area contributed by atoms with Crippen LogP contribution in [0.4, 0.5) is 0 Å². The molecule has 2 heterocycles. The monoisotopic (exact) mass is 348 g/mol. The van der Waals surface area contributed by atoms with Gasteiger partial charge in [-0.05, 0) is 37.6 Å². The zero-order chi connectivity index (χ0) is 18.5. The van der Waals surface area contributed by atoms with Gasteiger partial charge in [-0.3, -0.25) is 4.79 Å². The Kier molecular flexibility index (Phi) is 5.27. The normalized spacial score (nSPS) is 10.4. The smallest absolute Gasteiger partial charge is 0.227 e. The van der Waals surface area contributed by atoms with Gasteiger partial charge in [-0.2, -0.15) is 0 Å². The molecule has 2 aromatic heterocycles. The molecule has 26 heavy (non-hydrogen) atoms. The fraction of sp³-hybridized carbons (Fsp3) is 0.190. The number of carbonyl (C=O) groups excluding carboxylic acids is 1. The van der Waals surface area contributed by atoms with Gasteiger partial charge >= 0.3 is 0 Å². The van der Waals surface area contributed by atoms with Crippen molar-refractivity contribution in [1.29, 1.82) is 0 Å². The molecular weight excluding hydrogens is 328 g/mol. The van der Waals surface area contributed by atoms with E-state index >= 15 is 0 Å². The second kappa shape index (κ2) is 7.78. The van der Waals surface area contributed by atoms with Crippen LogP contribution in [-0.2, 0) is 0 Å². The predicted molar refractivity (Wildman–Crippen MR) is 100 cm³/mol. The van der Waals surface area contributed by atoms with Gasteiger partial charge < -0.3 is 8.94 Å².